The van der Waals surface area contributed by atoms with Gasteiger partial charge in [0.2, 0.25) is 5.82 Å². The molecule has 3 N–H and O–H groups in total. The normalized spacial score (nSPS) is 10.7. The molecule has 55 heavy (non-hydrogen) atoms. The molecule has 0 radical (unpaired) electrons. The maximum absolute atomic E-state index is 14.3. The second-order valence-electron chi connectivity index (χ2n) is 11.0. The van der Waals surface area contributed by atoms with E-state index in [1.54, 1.807) is 0 Å². The minimum Gasteiger partial charge on any atom is -0.491 e. The number of aliphatic hydroxyl groups excluding tert-OH is 1. The largest absolute Gasteiger partial charge is 0.491 e. The van der Waals surface area contributed by atoms with Crippen LogP contribution in [0.1, 0.15) is 11.1 Å². The lowest BCUT2D eigenvalue weighted by molar-refractivity contribution is -0.387. The molecule has 0 aliphatic rings. The molecule has 5 aromatic rings. The van der Waals surface area contributed by atoms with Crippen molar-refractivity contribution in [1.29, 1.82) is 0 Å². The van der Waals surface area contributed by atoms with Crippen LogP contribution in [0.5, 0.6) is 23.0 Å². The first-order chi connectivity index (χ1) is 26.1. The van der Waals surface area contributed by atoms with Gasteiger partial charge in [-0.15, -0.1) is 0 Å². The van der Waals surface area contributed by atoms with Gasteiger partial charge in [-0.25, -0.2) is 26.7 Å². The zero-order valence-corrected chi connectivity index (χ0v) is 30.0. The smallest absolute Gasteiger partial charge is 0.330 e. The van der Waals surface area contributed by atoms with E-state index in [0.29, 0.717) is 0 Å². The first-order valence-corrected chi connectivity index (χ1v) is 16.4. The van der Waals surface area contributed by atoms with Gasteiger partial charge in [-0.2, -0.15) is 4.39 Å². The van der Waals surface area contributed by atoms with Gasteiger partial charge in [0.1, 0.15) is 55.2 Å². The summed E-state index contributed by atoms with van der Waals surface area (Å²) in [5.74, 6) is -6.40. The molecular formula is C35H29BrF6N4O9. The van der Waals surface area contributed by atoms with Gasteiger partial charge in [0.25, 0.3) is 5.56 Å². The number of hydrogen-bond donors (Lipinski definition) is 2. The number of nitrogens with zero attached hydrogens (tertiary/aromatic N) is 3. The Kier molecular flexibility index (Phi) is 14.3. The molecule has 0 saturated carbocycles. The molecule has 0 saturated heterocycles. The highest BCUT2D eigenvalue weighted by atomic mass is 79.9. The number of nitro groups is 1. The van der Waals surface area contributed by atoms with Crippen LogP contribution < -0.4 is 35.9 Å². The standard InChI is InChI=1S/C20H18F3N3O4.C15H11BrF3NO5/c1-25-7-6-18(27)26(20(25)28)8-9-29-17-5-4-15(22)19(23)13(17)11-30-12-2-3-14(21)16(24)10-12;16-9-5-11(18)12(20(22)23)6-14(9)25-7-8-13(24-4-3-21)2-1-10(17)15(8)19/h2-7,10H,8-9,11,24H2,1H3;1-2,5-6,21H,3-4,7H2. The highest BCUT2D eigenvalue weighted by Crippen LogP contribution is 2.34. The van der Waals surface area contributed by atoms with Crippen LogP contribution in [-0.4, -0.2) is 39.0 Å². The van der Waals surface area contributed by atoms with Crippen molar-refractivity contribution in [3.05, 3.63) is 148 Å². The van der Waals surface area contributed by atoms with Crippen LogP contribution in [0, 0.1) is 45.0 Å². The van der Waals surface area contributed by atoms with Gasteiger partial charge in [0.05, 0.1) is 45.4 Å². The van der Waals surface area contributed by atoms with Crippen LogP contribution >= 0.6 is 15.9 Å². The summed E-state index contributed by atoms with van der Waals surface area (Å²) < 4.78 is 106. The molecule has 4 aromatic carbocycles. The van der Waals surface area contributed by atoms with Gasteiger partial charge >= 0.3 is 11.4 Å². The second-order valence-corrected chi connectivity index (χ2v) is 11.9. The molecule has 0 fully saturated rings. The Morgan fingerprint density at radius 1 is 0.764 bits per heavy atom. The van der Waals surface area contributed by atoms with Gasteiger partial charge < -0.3 is 34.4 Å². The first-order valence-electron chi connectivity index (χ1n) is 15.6. The summed E-state index contributed by atoms with van der Waals surface area (Å²) in [4.78, 5) is 33.7. The number of aliphatic hydroxyl groups is 1. The van der Waals surface area contributed by atoms with Gasteiger partial charge in [-0.1, -0.05) is 0 Å². The van der Waals surface area contributed by atoms with Gasteiger partial charge in [0, 0.05) is 25.4 Å². The second kappa shape index (κ2) is 18.8. The van der Waals surface area contributed by atoms with E-state index < -0.39 is 70.0 Å². The zero-order valence-electron chi connectivity index (χ0n) is 28.4. The Balaban J connectivity index is 0.000000249. The Labute approximate surface area is 315 Å². The SMILES string of the molecule is Cn1ccc(=O)n(CCOc2ccc(F)c(F)c2COc2ccc(F)c(N)c2)c1=O.O=[N+]([O-])c1cc(OCc2c(OCCO)ccc(F)c2F)c(Br)cc1F. The molecular weight excluding hydrogens is 814 g/mol. The summed E-state index contributed by atoms with van der Waals surface area (Å²) in [5.41, 5.74) is 2.94. The summed E-state index contributed by atoms with van der Waals surface area (Å²) in [6.07, 6.45) is 1.34. The molecule has 0 spiro atoms. The Hall–Kier alpha value is -6.02. The number of benzene rings is 4. The molecule has 0 bridgehead atoms. The Morgan fingerprint density at radius 2 is 1.35 bits per heavy atom. The molecule has 0 amide bonds. The van der Waals surface area contributed by atoms with Crippen LogP contribution in [0.2, 0.25) is 0 Å². The van der Waals surface area contributed by atoms with Crippen molar-refractivity contribution in [2.24, 2.45) is 7.05 Å². The molecule has 13 nitrogen and oxygen atoms in total. The lowest BCUT2D eigenvalue weighted by atomic mass is 10.2. The third kappa shape index (κ3) is 10.6. The van der Waals surface area contributed by atoms with Crippen molar-refractivity contribution in [2.45, 2.75) is 19.8 Å². The lowest BCUT2D eigenvalue weighted by Gasteiger charge is -2.14. The summed E-state index contributed by atoms with van der Waals surface area (Å²) in [7, 11) is 1.49. The quantitative estimate of drug-likeness (QED) is 0.0592. The fourth-order valence-corrected chi connectivity index (χ4v) is 5.03. The highest BCUT2D eigenvalue weighted by Gasteiger charge is 2.21. The minimum atomic E-state index is -1.22. The predicted octanol–water partition coefficient (Wildman–Crippen LogP) is 5.93. The van der Waals surface area contributed by atoms with Crippen molar-refractivity contribution in [3.63, 3.8) is 0 Å². The molecule has 1 heterocycles. The van der Waals surface area contributed by atoms with Crippen LogP contribution in [0.4, 0.5) is 37.7 Å². The number of rotatable bonds is 14. The monoisotopic (exact) mass is 842 g/mol. The summed E-state index contributed by atoms with van der Waals surface area (Å²) in [6.45, 7) is -1.69. The van der Waals surface area contributed by atoms with Gasteiger partial charge in [-0.05, 0) is 58.4 Å². The number of ether oxygens (including phenoxy) is 4. The molecule has 0 atom stereocenters. The van der Waals surface area contributed by atoms with Crippen LogP contribution in [0.25, 0.3) is 0 Å². The average molecular weight is 844 g/mol. The third-order valence-electron chi connectivity index (χ3n) is 7.39. The number of anilines is 1. The molecule has 292 valence electrons. The summed E-state index contributed by atoms with van der Waals surface area (Å²) >= 11 is 2.98. The van der Waals surface area contributed by atoms with E-state index in [9.17, 15) is 46.0 Å². The van der Waals surface area contributed by atoms with Crippen molar-refractivity contribution in [2.75, 3.05) is 25.6 Å². The molecule has 0 aliphatic carbocycles. The predicted molar refractivity (Wildman–Crippen MR) is 187 cm³/mol. The van der Waals surface area contributed by atoms with E-state index >= 15 is 0 Å². The van der Waals surface area contributed by atoms with E-state index in [1.807, 2.05) is 0 Å². The fourth-order valence-electron chi connectivity index (χ4n) is 4.60. The topological polar surface area (TPSA) is 170 Å². The fraction of sp³-hybridized carbons (Fsp3) is 0.200. The number of hydrogen-bond acceptors (Lipinski definition) is 10. The number of nitro benzene ring substituents is 1. The van der Waals surface area contributed by atoms with E-state index in [4.69, 9.17) is 29.8 Å². The maximum atomic E-state index is 14.3. The van der Waals surface area contributed by atoms with Crippen molar-refractivity contribution < 1.29 is 55.3 Å². The van der Waals surface area contributed by atoms with E-state index in [1.165, 1.54) is 42.1 Å². The van der Waals surface area contributed by atoms with E-state index in [-0.39, 0.29) is 70.7 Å². The van der Waals surface area contributed by atoms with Crippen molar-refractivity contribution in [3.8, 4) is 23.0 Å². The first kappa shape index (κ1) is 41.7. The highest BCUT2D eigenvalue weighted by molar-refractivity contribution is 9.10. The number of halogens is 7. The summed E-state index contributed by atoms with van der Waals surface area (Å²) in [5, 5.41) is 19.5. The van der Waals surface area contributed by atoms with Crippen LogP contribution in [0.15, 0.2) is 80.9 Å². The lowest BCUT2D eigenvalue weighted by Crippen LogP contribution is -2.39. The average Bonchev–Trinajstić information content (AvgIpc) is 3.14. The number of nitrogens with two attached hydrogens (primary N) is 1. The molecule has 1 aromatic heterocycles. The van der Waals surface area contributed by atoms with Gasteiger partial charge in [0.15, 0.2) is 23.3 Å². The molecule has 20 heteroatoms. The number of aromatic nitrogens is 2. The molecule has 0 unspecified atom stereocenters. The Bertz CT molecular complexity index is 2310. The molecule has 0 aliphatic heterocycles. The van der Waals surface area contributed by atoms with Crippen LogP contribution in [-0.2, 0) is 26.8 Å². The zero-order chi connectivity index (χ0) is 40.4. The van der Waals surface area contributed by atoms with Crippen molar-refractivity contribution in [1.82, 2.24) is 9.13 Å². The maximum Gasteiger partial charge on any atom is 0.330 e. The number of nitrogen functional groups attached to an aromatic ring is 1. The Morgan fingerprint density at radius 3 is 1.93 bits per heavy atom. The van der Waals surface area contributed by atoms with Crippen molar-refractivity contribution >= 4 is 27.3 Å². The van der Waals surface area contributed by atoms with E-state index in [2.05, 4.69) is 15.9 Å². The summed E-state index contributed by atoms with van der Waals surface area (Å²) in [6, 6.07) is 10.6. The van der Waals surface area contributed by atoms with Gasteiger partial charge in [-0.3, -0.25) is 19.5 Å². The van der Waals surface area contributed by atoms with Crippen LogP contribution in [0.3, 0.4) is 0 Å². The minimum absolute atomic E-state index is 0.0233. The number of aryl methyl sites for hydroxylation is 1. The van der Waals surface area contributed by atoms with E-state index in [0.717, 1.165) is 41.0 Å². The third-order valence-corrected chi connectivity index (χ3v) is 8.01. The molecule has 5 rings (SSSR count).